The minimum Gasteiger partial charge on any atom is -0.394 e. The molecule has 0 aliphatic carbocycles. The summed E-state index contributed by atoms with van der Waals surface area (Å²) in [5, 5.41) is 86.2. The van der Waals surface area contributed by atoms with Gasteiger partial charge in [-0.15, -0.1) is 0 Å². The zero-order valence-electron chi connectivity index (χ0n) is 34.6. The zero-order chi connectivity index (χ0) is 41.8. The quantitative estimate of drug-likeness (QED) is 0.0361. The molecule has 0 bridgehead atoms. The SMILES string of the molecule is CCCCC/C=C/CC/C=C/C(O)C(COC1OC(CO)C(OC2OC(CO)C(O)C(O)C2O)C(O)C1O)NC(=O)CCCCCCC/C=C\CCCCCCC. The smallest absolute Gasteiger partial charge is 0.220 e. The number of amides is 1. The van der Waals surface area contributed by atoms with Gasteiger partial charge in [0.25, 0.3) is 0 Å². The Hall–Kier alpha value is -1.79. The summed E-state index contributed by atoms with van der Waals surface area (Å²) in [5.41, 5.74) is 0. The molecule has 2 rings (SSSR count). The molecule has 0 aromatic heterocycles. The second kappa shape index (κ2) is 31.1. The molecule has 57 heavy (non-hydrogen) atoms. The molecule has 0 saturated carbocycles. The number of unbranched alkanes of at least 4 members (excludes halogenated alkanes) is 14. The van der Waals surface area contributed by atoms with Gasteiger partial charge in [0.2, 0.25) is 5.91 Å². The van der Waals surface area contributed by atoms with E-state index in [-0.39, 0.29) is 18.9 Å². The van der Waals surface area contributed by atoms with Crippen LogP contribution in [0.15, 0.2) is 36.5 Å². The van der Waals surface area contributed by atoms with E-state index in [1.54, 1.807) is 6.08 Å². The van der Waals surface area contributed by atoms with Crippen molar-refractivity contribution in [1.82, 2.24) is 5.32 Å². The normalized spacial score (nSPS) is 29.4. The van der Waals surface area contributed by atoms with Gasteiger partial charge in [-0.3, -0.25) is 4.79 Å². The standard InChI is InChI=1S/C43H77NO13/c1-3-5-7-9-11-13-14-15-16-17-19-21-23-25-27-35(48)44-31(32(47)26-24-22-20-18-12-10-8-6-4-2)30-54-42-40(53)38(51)41(34(29-46)56-42)57-43-39(52)37(50)36(49)33(28-45)55-43/h12,14-15,18,24,26,31-34,36-43,45-47,49-53H,3-11,13,16-17,19-23,25,27-30H2,1-2H3,(H,44,48)/b15-14-,18-12+,26-24+. The monoisotopic (exact) mass is 816 g/mol. The Kier molecular flexibility index (Phi) is 28.1. The first-order valence-corrected chi connectivity index (χ1v) is 21.7. The van der Waals surface area contributed by atoms with Crippen molar-refractivity contribution in [3.8, 4) is 0 Å². The first-order chi connectivity index (χ1) is 27.6. The van der Waals surface area contributed by atoms with Gasteiger partial charge in [0.05, 0.1) is 32.0 Å². The van der Waals surface area contributed by atoms with Gasteiger partial charge in [0.1, 0.15) is 48.8 Å². The van der Waals surface area contributed by atoms with Crippen LogP contribution in [-0.4, -0.2) is 140 Å². The van der Waals surface area contributed by atoms with Crippen molar-refractivity contribution in [2.45, 2.75) is 209 Å². The predicted octanol–water partition coefficient (Wildman–Crippen LogP) is 3.59. The Morgan fingerprint density at radius 2 is 1.12 bits per heavy atom. The molecule has 0 aromatic carbocycles. The highest BCUT2D eigenvalue weighted by molar-refractivity contribution is 5.76. The van der Waals surface area contributed by atoms with E-state index >= 15 is 0 Å². The molecule has 9 N–H and O–H groups in total. The first kappa shape index (κ1) is 51.4. The van der Waals surface area contributed by atoms with E-state index in [9.17, 15) is 45.6 Å². The van der Waals surface area contributed by atoms with Gasteiger partial charge in [-0.1, -0.05) is 108 Å². The van der Waals surface area contributed by atoms with Crippen LogP contribution in [0.25, 0.3) is 0 Å². The molecule has 2 heterocycles. The molecular weight excluding hydrogens is 738 g/mol. The molecule has 0 spiro atoms. The summed E-state index contributed by atoms with van der Waals surface area (Å²) >= 11 is 0. The van der Waals surface area contributed by atoms with E-state index in [4.69, 9.17) is 18.9 Å². The number of hydrogen-bond acceptors (Lipinski definition) is 13. The molecule has 2 aliphatic rings. The minimum absolute atomic E-state index is 0.262. The molecule has 0 radical (unpaired) electrons. The van der Waals surface area contributed by atoms with Crippen LogP contribution >= 0.6 is 0 Å². The maximum absolute atomic E-state index is 13.0. The van der Waals surface area contributed by atoms with Gasteiger partial charge in [-0.05, 0) is 57.8 Å². The van der Waals surface area contributed by atoms with Crippen molar-refractivity contribution >= 4 is 5.91 Å². The Bertz CT molecular complexity index is 1100. The zero-order valence-corrected chi connectivity index (χ0v) is 34.6. The molecule has 2 aliphatic heterocycles. The number of aliphatic hydroxyl groups excluding tert-OH is 8. The van der Waals surface area contributed by atoms with Gasteiger partial charge in [0.15, 0.2) is 12.6 Å². The third-order valence-corrected chi connectivity index (χ3v) is 10.5. The molecule has 12 unspecified atom stereocenters. The maximum Gasteiger partial charge on any atom is 0.220 e. The van der Waals surface area contributed by atoms with E-state index in [0.29, 0.717) is 12.8 Å². The number of nitrogens with one attached hydrogen (secondary N) is 1. The summed E-state index contributed by atoms with van der Waals surface area (Å²) in [5.74, 6) is -0.265. The van der Waals surface area contributed by atoms with Gasteiger partial charge in [-0.25, -0.2) is 0 Å². The Morgan fingerprint density at radius 3 is 1.75 bits per heavy atom. The fraction of sp³-hybridized carbons (Fsp3) is 0.837. The van der Waals surface area contributed by atoms with Crippen molar-refractivity contribution in [2.75, 3.05) is 19.8 Å². The summed E-state index contributed by atoms with van der Waals surface area (Å²) in [4.78, 5) is 13.0. The van der Waals surface area contributed by atoms with Crippen molar-refractivity contribution in [3.05, 3.63) is 36.5 Å². The number of carbonyl (C=O) groups is 1. The van der Waals surface area contributed by atoms with Crippen LogP contribution in [0.2, 0.25) is 0 Å². The van der Waals surface area contributed by atoms with Crippen LogP contribution in [0.5, 0.6) is 0 Å². The van der Waals surface area contributed by atoms with Crippen LogP contribution in [0.4, 0.5) is 0 Å². The molecule has 14 nitrogen and oxygen atoms in total. The lowest BCUT2D eigenvalue weighted by Gasteiger charge is -2.46. The van der Waals surface area contributed by atoms with E-state index in [1.807, 2.05) is 6.08 Å². The van der Waals surface area contributed by atoms with Crippen LogP contribution in [0.3, 0.4) is 0 Å². The highest BCUT2D eigenvalue weighted by Gasteiger charge is 2.50. The first-order valence-electron chi connectivity index (χ1n) is 21.7. The van der Waals surface area contributed by atoms with Gasteiger partial charge >= 0.3 is 0 Å². The highest BCUT2D eigenvalue weighted by atomic mass is 16.7. The third kappa shape index (κ3) is 19.9. The second-order valence-corrected chi connectivity index (χ2v) is 15.5. The third-order valence-electron chi connectivity index (χ3n) is 10.5. The lowest BCUT2D eigenvalue weighted by molar-refractivity contribution is -0.359. The Balaban J connectivity index is 1.92. The van der Waals surface area contributed by atoms with Crippen molar-refractivity contribution < 1.29 is 64.6 Å². The summed E-state index contributed by atoms with van der Waals surface area (Å²) in [6, 6.07) is -0.930. The highest BCUT2D eigenvalue weighted by Crippen LogP contribution is 2.29. The number of rotatable bonds is 31. The molecule has 12 atom stereocenters. The summed E-state index contributed by atoms with van der Waals surface area (Å²) in [6.45, 7) is 2.65. The number of ether oxygens (including phenoxy) is 4. The molecule has 332 valence electrons. The lowest BCUT2D eigenvalue weighted by atomic mass is 9.97. The van der Waals surface area contributed by atoms with E-state index in [0.717, 1.165) is 57.8 Å². The van der Waals surface area contributed by atoms with Crippen LogP contribution in [-0.2, 0) is 23.7 Å². The number of hydrogen-bond donors (Lipinski definition) is 9. The minimum atomic E-state index is -1.79. The van der Waals surface area contributed by atoms with E-state index in [2.05, 4.69) is 43.5 Å². The van der Waals surface area contributed by atoms with Crippen LogP contribution in [0, 0.1) is 0 Å². The van der Waals surface area contributed by atoms with Crippen LogP contribution < -0.4 is 5.32 Å². The van der Waals surface area contributed by atoms with Gasteiger partial charge < -0.3 is 65.1 Å². The average molecular weight is 816 g/mol. The Labute approximate surface area is 341 Å². The van der Waals surface area contributed by atoms with E-state index in [1.165, 1.54) is 44.9 Å². The maximum atomic E-state index is 13.0. The lowest BCUT2D eigenvalue weighted by Crippen LogP contribution is -2.65. The molecule has 0 aromatic rings. The Morgan fingerprint density at radius 1 is 0.614 bits per heavy atom. The van der Waals surface area contributed by atoms with Crippen molar-refractivity contribution in [1.29, 1.82) is 0 Å². The summed E-state index contributed by atoms with van der Waals surface area (Å²) in [7, 11) is 0. The molecule has 14 heteroatoms. The number of allylic oxidation sites excluding steroid dienone is 5. The summed E-state index contributed by atoms with van der Waals surface area (Å²) < 4.78 is 22.5. The fourth-order valence-corrected chi connectivity index (χ4v) is 6.89. The second-order valence-electron chi connectivity index (χ2n) is 15.5. The predicted molar refractivity (Wildman–Crippen MR) is 217 cm³/mol. The molecule has 2 fully saturated rings. The van der Waals surface area contributed by atoms with E-state index < -0.39 is 86.8 Å². The average Bonchev–Trinajstić information content (AvgIpc) is 3.21. The van der Waals surface area contributed by atoms with Crippen LogP contribution in [0.1, 0.15) is 136 Å². The molecule has 2 saturated heterocycles. The van der Waals surface area contributed by atoms with Crippen molar-refractivity contribution in [3.63, 3.8) is 0 Å². The van der Waals surface area contributed by atoms with Gasteiger partial charge in [0, 0.05) is 6.42 Å². The summed E-state index contributed by atoms with van der Waals surface area (Å²) in [6.07, 6.45) is 15.0. The molecule has 1 amide bonds. The number of aliphatic hydroxyl groups is 8. The van der Waals surface area contributed by atoms with Gasteiger partial charge in [-0.2, -0.15) is 0 Å². The largest absolute Gasteiger partial charge is 0.394 e. The topological polar surface area (TPSA) is 228 Å². The molecular formula is C43H77NO13. The van der Waals surface area contributed by atoms with Crippen molar-refractivity contribution in [2.24, 2.45) is 0 Å². The fourth-order valence-electron chi connectivity index (χ4n) is 6.89. The number of carbonyl (C=O) groups excluding carboxylic acids is 1.